The molecule has 0 spiro atoms. The molecule has 1 aliphatic rings. The molecule has 4 rings (SSSR count). The fraction of sp³-hybridized carbons (Fsp3) is 0.263. The average molecular weight is 359 g/mol. The first-order valence-corrected chi connectivity index (χ1v) is 8.42. The molecule has 1 aromatic heterocycles. The first kappa shape index (κ1) is 16.6. The lowest BCUT2D eigenvalue weighted by molar-refractivity contribution is 0.0698. The van der Waals surface area contributed by atoms with E-state index in [4.69, 9.17) is 0 Å². The first-order valence-electron chi connectivity index (χ1n) is 8.42. The summed E-state index contributed by atoms with van der Waals surface area (Å²) in [6, 6.07) is 9.39. The molecular weight excluding hydrogens is 343 g/mol. The fourth-order valence-electron chi connectivity index (χ4n) is 3.41. The van der Waals surface area contributed by atoms with Crippen molar-refractivity contribution in [2.45, 2.75) is 18.8 Å². The van der Waals surface area contributed by atoms with Crippen LogP contribution in [0.25, 0.3) is 11.0 Å². The third kappa shape index (κ3) is 2.83. The van der Waals surface area contributed by atoms with Crippen molar-refractivity contribution in [2.75, 3.05) is 13.1 Å². The van der Waals surface area contributed by atoms with Crippen molar-refractivity contribution in [3.8, 4) is 0 Å². The van der Waals surface area contributed by atoms with Gasteiger partial charge in [0.15, 0.2) is 17.5 Å². The number of piperidine rings is 1. The lowest BCUT2D eigenvalue weighted by atomic mass is 9.96. The number of para-hydroxylation sites is 2. The number of halogens is 3. The molecule has 3 aromatic rings. The summed E-state index contributed by atoms with van der Waals surface area (Å²) in [7, 11) is 0. The van der Waals surface area contributed by atoms with Gasteiger partial charge >= 0.3 is 0 Å². The number of nitrogens with zero attached hydrogens (tertiary/aromatic N) is 2. The van der Waals surface area contributed by atoms with Gasteiger partial charge in [0.1, 0.15) is 5.82 Å². The van der Waals surface area contributed by atoms with Gasteiger partial charge in [-0.05, 0) is 37.1 Å². The van der Waals surface area contributed by atoms with Crippen molar-refractivity contribution in [1.29, 1.82) is 0 Å². The highest BCUT2D eigenvalue weighted by Crippen LogP contribution is 2.28. The Hall–Kier alpha value is -2.83. The van der Waals surface area contributed by atoms with E-state index in [2.05, 4.69) is 9.97 Å². The van der Waals surface area contributed by atoms with Crippen LogP contribution >= 0.6 is 0 Å². The Labute approximate surface area is 147 Å². The van der Waals surface area contributed by atoms with Gasteiger partial charge in [0.2, 0.25) is 0 Å². The molecule has 26 heavy (non-hydrogen) atoms. The van der Waals surface area contributed by atoms with E-state index in [0.29, 0.717) is 13.1 Å². The van der Waals surface area contributed by atoms with E-state index in [1.165, 1.54) is 4.90 Å². The summed E-state index contributed by atoms with van der Waals surface area (Å²) in [5, 5.41) is 0. The number of aromatic nitrogens is 2. The number of aromatic amines is 1. The van der Waals surface area contributed by atoms with Crippen molar-refractivity contribution >= 4 is 16.9 Å². The number of amides is 1. The van der Waals surface area contributed by atoms with Crippen LogP contribution in [0.15, 0.2) is 36.4 Å². The summed E-state index contributed by atoms with van der Waals surface area (Å²) in [6.45, 7) is 0.783. The van der Waals surface area contributed by atoms with Gasteiger partial charge in [0, 0.05) is 19.0 Å². The number of carbonyl (C=O) groups is 1. The predicted molar refractivity (Wildman–Crippen MR) is 90.3 cm³/mol. The zero-order chi connectivity index (χ0) is 18.3. The van der Waals surface area contributed by atoms with Gasteiger partial charge in [-0.25, -0.2) is 18.2 Å². The van der Waals surface area contributed by atoms with Crippen molar-refractivity contribution in [3.63, 3.8) is 0 Å². The largest absolute Gasteiger partial charge is 0.342 e. The molecule has 1 fully saturated rings. The molecule has 0 aliphatic carbocycles. The summed E-state index contributed by atoms with van der Waals surface area (Å²) in [5.74, 6) is -4.26. The predicted octanol–water partition coefficient (Wildman–Crippen LogP) is 4.00. The van der Waals surface area contributed by atoms with E-state index in [1.807, 2.05) is 24.3 Å². The van der Waals surface area contributed by atoms with Gasteiger partial charge < -0.3 is 9.88 Å². The second-order valence-corrected chi connectivity index (χ2v) is 6.45. The second kappa shape index (κ2) is 6.48. The molecule has 7 heteroatoms. The Morgan fingerprint density at radius 2 is 1.92 bits per heavy atom. The van der Waals surface area contributed by atoms with E-state index >= 15 is 0 Å². The van der Waals surface area contributed by atoms with Gasteiger partial charge in [0.05, 0.1) is 16.6 Å². The van der Waals surface area contributed by atoms with E-state index in [1.54, 1.807) is 0 Å². The third-order valence-corrected chi connectivity index (χ3v) is 4.77. The van der Waals surface area contributed by atoms with Crippen LogP contribution in [0.5, 0.6) is 0 Å². The maximum atomic E-state index is 13.9. The van der Waals surface area contributed by atoms with Crippen LogP contribution in [0.4, 0.5) is 13.2 Å². The average Bonchev–Trinajstić information content (AvgIpc) is 3.10. The number of likely N-dealkylation sites (tertiary alicyclic amines) is 1. The minimum atomic E-state index is -1.62. The van der Waals surface area contributed by atoms with Gasteiger partial charge in [0.25, 0.3) is 5.91 Å². The second-order valence-electron chi connectivity index (χ2n) is 6.45. The molecule has 0 bridgehead atoms. The lowest BCUT2D eigenvalue weighted by Gasteiger charge is -2.32. The first-order chi connectivity index (χ1) is 12.5. The van der Waals surface area contributed by atoms with Gasteiger partial charge in [-0.2, -0.15) is 0 Å². The molecule has 1 saturated heterocycles. The Morgan fingerprint density at radius 1 is 1.12 bits per heavy atom. The number of H-pyrrole nitrogens is 1. The summed E-state index contributed by atoms with van der Waals surface area (Å²) < 4.78 is 40.5. The van der Waals surface area contributed by atoms with Crippen LogP contribution in [0.3, 0.4) is 0 Å². The van der Waals surface area contributed by atoms with E-state index < -0.39 is 28.9 Å². The van der Waals surface area contributed by atoms with Gasteiger partial charge in [-0.15, -0.1) is 0 Å². The highest BCUT2D eigenvalue weighted by atomic mass is 19.2. The SMILES string of the molecule is O=C(c1ccc(F)c(F)c1F)N1CCCC(c2nc3ccccc3[nH]2)C1. The maximum Gasteiger partial charge on any atom is 0.256 e. The van der Waals surface area contributed by atoms with E-state index in [9.17, 15) is 18.0 Å². The van der Waals surface area contributed by atoms with Crippen molar-refractivity contribution in [2.24, 2.45) is 0 Å². The Kier molecular flexibility index (Phi) is 4.14. The van der Waals surface area contributed by atoms with Crippen LogP contribution in [0, 0.1) is 17.5 Å². The number of benzene rings is 2. The molecule has 1 atom stereocenters. The minimum absolute atomic E-state index is 0.0199. The Balaban J connectivity index is 1.58. The van der Waals surface area contributed by atoms with Crippen LogP contribution in [-0.2, 0) is 0 Å². The minimum Gasteiger partial charge on any atom is -0.342 e. The molecule has 1 amide bonds. The molecule has 2 aromatic carbocycles. The quantitative estimate of drug-likeness (QED) is 0.703. The number of hydrogen-bond acceptors (Lipinski definition) is 2. The lowest BCUT2D eigenvalue weighted by Crippen LogP contribution is -2.39. The van der Waals surface area contributed by atoms with Crippen molar-refractivity contribution < 1.29 is 18.0 Å². The fourth-order valence-corrected chi connectivity index (χ4v) is 3.41. The Morgan fingerprint density at radius 3 is 2.73 bits per heavy atom. The third-order valence-electron chi connectivity index (χ3n) is 4.77. The van der Waals surface area contributed by atoms with Crippen molar-refractivity contribution in [1.82, 2.24) is 14.9 Å². The molecule has 0 saturated carbocycles. The van der Waals surface area contributed by atoms with Crippen LogP contribution in [0.2, 0.25) is 0 Å². The maximum absolute atomic E-state index is 13.9. The van der Waals surface area contributed by atoms with Crippen LogP contribution in [-0.4, -0.2) is 33.9 Å². The highest BCUT2D eigenvalue weighted by molar-refractivity contribution is 5.94. The molecule has 0 radical (unpaired) electrons. The van der Waals surface area contributed by atoms with E-state index in [-0.39, 0.29) is 5.92 Å². The van der Waals surface area contributed by atoms with Crippen LogP contribution < -0.4 is 0 Å². The molecule has 4 nitrogen and oxygen atoms in total. The topological polar surface area (TPSA) is 49.0 Å². The number of rotatable bonds is 2. The molecular formula is C19H16F3N3O. The number of carbonyl (C=O) groups excluding carboxylic acids is 1. The number of fused-ring (bicyclic) bond motifs is 1. The highest BCUT2D eigenvalue weighted by Gasteiger charge is 2.29. The zero-order valence-electron chi connectivity index (χ0n) is 13.8. The van der Waals surface area contributed by atoms with Gasteiger partial charge in [-0.3, -0.25) is 4.79 Å². The van der Waals surface area contributed by atoms with Crippen molar-refractivity contribution in [3.05, 3.63) is 65.2 Å². The van der Waals surface area contributed by atoms with Crippen LogP contribution in [0.1, 0.15) is 34.9 Å². The molecule has 1 N–H and O–H groups in total. The summed E-state index contributed by atoms with van der Waals surface area (Å²) in [6.07, 6.45) is 1.56. The zero-order valence-corrected chi connectivity index (χ0v) is 13.8. The number of hydrogen-bond donors (Lipinski definition) is 1. The van der Waals surface area contributed by atoms with E-state index in [0.717, 1.165) is 41.8 Å². The standard InChI is InChI=1S/C19H16F3N3O/c20-13-8-7-12(16(21)17(13)22)19(26)25-9-3-4-11(10-25)18-23-14-5-1-2-6-15(14)24-18/h1-2,5-8,11H,3-4,9-10H2,(H,23,24). The summed E-state index contributed by atoms with van der Waals surface area (Å²) in [4.78, 5) is 21.9. The number of nitrogens with one attached hydrogen (secondary N) is 1. The smallest absolute Gasteiger partial charge is 0.256 e. The molecule has 1 aliphatic heterocycles. The normalized spacial score (nSPS) is 17.7. The van der Waals surface area contributed by atoms with Gasteiger partial charge in [-0.1, -0.05) is 12.1 Å². The summed E-state index contributed by atoms with van der Waals surface area (Å²) >= 11 is 0. The molecule has 1 unspecified atom stereocenters. The molecule has 134 valence electrons. The molecule has 2 heterocycles. The number of imidazole rings is 1. The monoisotopic (exact) mass is 359 g/mol. The Bertz CT molecular complexity index is 952. The summed E-state index contributed by atoms with van der Waals surface area (Å²) in [5.41, 5.74) is 1.31.